The Morgan fingerprint density at radius 3 is 2.31 bits per heavy atom. The largest absolute Gasteiger partial charge is 0.367 e. The van der Waals surface area contributed by atoms with E-state index in [0.717, 1.165) is 36.9 Å². The van der Waals surface area contributed by atoms with Gasteiger partial charge in [0.15, 0.2) is 0 Å². The first kappa shape index (κ1) is 19.8. The lowest BCUT2D eigenvalue weighted by atomic mass is 10.1. The molecule has 0 radical (unpaired) electrons. The number of piperidine rings is 1. The van der Waals surface area contributed by atoms with Gasteiger partial charge >= 0.3 is 0 Å². The molecule has 8 heteroatoms. The van der Waals surface area contributed by atoms with Crippen molar-refractivity contribution in [3.63, 3.8) is 0 Å². The number of anilines is 2. The molecule has 154 valence electrons. The standard InChI is InChI=1S/C21H26N4O3S/c1-15-2-5-17(6-3-15)24-21(26)16-4-9-20(22-14-16)23-18-10-12-25(13-11-18)29(27,28)19-7-8-19/h2-6,9,14,18-19H,7-8,10-13H2,1H3,(H,22,23)(H,24,26). The summed E-state index contributed by atoms with van der Waals surface area (Å²) in [6.45, 7) is 3.10. The second-order valence-corrected chi connectivity index (χ2v) is 10.0. The molecule has 1 aromatic heterocycles. The van der Waals surface area contributed by atoms with Gasteiger partial charge in [0, 0.05) is 31.0 Å². The van der Waals surface area contributed by atoms with Gasteiger partial charge in [0.05, 0.1) is 10.8 Å². The minimum Gasteiger partial charge on any atom is -0.367 e. The van der Waals surface area contributed by atoms with Crippen molar-refractivity contribution in [2.75, 3.05) is 23.7 Å². The van der Waals surface area contributed by atoms with E-state index in [4.69, 9.17) is 0 Å². The third kappa shape index (κ3) is 4.76. The number of carbonyl (C=O) groups is 1. The van der Waals surface area contributed by atoms with E-state index in [1.807, 2.05) is 31.2 Å². The minimum absolute atomic E-state index is 0.146. The van der Waals surface area contributed by atoms with Crippen LogP contribution in [0.1, 0.15) is 41.6 Å². The Kier molecular flexibility index (Phi) is 5.56. The number of amides is 1. The van der Waals surface area contributed by atoms with Gasteiger partial charge in [0.2, 0.25) is 10.0 Å². The van der Waals surface area contributed by atoms with Crippen LogP contribution in [0.2, 0.25) is 0 Å². The lowest BCUT2D eigenvalue weighted by molar-refractivity contribution is 0.102. The third-order valence-electron chi connectivity index (χ3n) is 5.45. The molecule has 2 N–H and O–H groups in total. The fraction of sp³-hybridized carbons (Fsp3) is 0.429. The van der Waals surface area contributed by atoms with Crippen LogP contribution < -0.4 is 10.6 Å². The molecule has 0 atom stereocenters. The Hall–Kier alpha value is -2.45. The molecule has 4 rings (SSSR count). The Balaban J connectivity index is 1.29. The summed E-state index contributed by atoms with van der Waals surface area (Å²) in [4.78, 5) is 16.7. The van der Waals surface area contributed by atoms with Crippen LogP contribution in [0.25, 0.3) is 0 Å². The first-order valence-electron chi connectivity index (χ1n) is 10.0. The molecule has 1 saturated heterocycles. The van der Waals surface area contributed by atoms with Crippen LogP contribution in [-0.4, -0.2) is 48.0 Å². The Morgan fingerprint density at radius 2 is 1.72 bits per heavy atom. The number of aryl methyl sites for hydroxylation is 1. The highest BCUT2D eigenvalue weighted by atomic mass is 32.2. The number of pyridine rings is 1. The van der Waals surface area contributed by atoms with Crippen LogP contribution in [0, 0.1) is 6.92 Å². The number of hydrogen-bond donors (Lipinski definition) is 2. The summed E-state index contributed by atoms with van der Waals surface area (Å²) < 4.78 is 26.3. The molecule has 0 spiro atoms. The van der Waals surface area contributed by atoms with Crippen molar-refractivity contribution in [3.8, 4) is 0 Å². The number of nitrogens with zero attached hydrogens (tertiary/aromatic N) is 2. The van der Waals surface area contributed by atoms with E-state index in [-0.39, 0.29) is 17.2 Å². The van der Waals surface area contributed by atoms with Crippen molar-refractivity contribution < 1.29 is 13.2 Å². The molecule has 1 aromatic carbocycles. The van der Waals surface area contributed by atoms with E-state index in [1.165, 1.54) is 0 Å². The van der Waals surface area contributed by atoms with Gasteiger partial charge in [0.1, 0.15) is 5.82 Å². The van der Waals surface area contributed by atoms with Crippen LogP contribution in [0.5, 0.6) is 0 Å². The van der Waals surface area contributed by atoms with Gasteiger partial charge in [0.25, 0.3) is 5.91 Å². The molecule has 7 nitrogen and oxygen atoms in total. The van der Waals surface area contributed by atoms with Gasteiger partial charge in [-0.1, -0.05) is 17.7 Å². The fourth-order valence-corrected chi connectivity index (χ4v) is 5.37. The number of aromatic nitrogens is 1. The van der Waals surface area contributed by atoms with Crippen molar-refractivity contribution in [3.05, 3.63) is 53.7 Å². The average molecular weight is 415 g/mol. The predicted octanol–water partition coefficient (Wildman–Crippen LogP) is 3.01. The second kappa shape index (κ2) is 8.12. The van der Waals surface area contributed by atoms with Crippen molar-refractivity contribution in [2.24, 2.45) is 0 Å². The number of nitrogens with one attached hydrogen (secondary N) is 2. The zero-order valence-electron chi connectivity index (χ0n) is 16.5. The highest BCUT2D eigenvalue weighted by Crippen LogP contribution is 2.32. The Bertz CT molecular complexity index is 962. The van der Waals surface area contributed by atoms with Gasteiger partial charge in [-0.05, 0) is 56.9 Å². The van der Waals surface area contributed by atoms with E-state index in [9.17, 15) is 13.2 Å². The third-order valence-corrected chi connectivity index (χ3v) is 7.85. The molecule has 0 bridgehead atoms. The lowest BCUT2D eigenvalue weighted by Gasteiger charge is -2.31. The normalized spacial score (nSPS) is 18.4. The fourth-order valence-electron chi connectivity index (χ4n) is 3.49. The summed E-state index contributed by atoms with van der Waals surface area (Å²) in [5.41, 5.74) is 2.37. The Morgan fingerprint density at radius 1 is 1.03 bits per heavy atom. The molecule has 1 amide bonds. The van der Waals surface area contributed by atoms with Crippen molar-refractivity contribution in [1.29, 1.82) is 0 Å². The molecule has 0 unspecified atom stereocenters. The first-order valence-corrected chi connectivity index (χ1v) is 11.5. The topological polar surface area (TPSA) is 91.4 Å². The predicted molar refractivity (Wildman–Crippen MR) is 114 cm³/mol. The first-order chi connectivity index (χ1) is 13.9. The van der Waals surface area contributed by atoms with Crippen LogP contribution in [-0.2, 0) is 10.0 Å². The quantitative estimate of drug-likeness (QED) is 0.758. The number of hydrogen-bond acceptors (Lipinski definition) is 5. The molecule has 29 heavy (non-hydrogen) atoms. The minimum atomic E-state index is -3.08. The van der Waals surface area contributed by atoms with E-state index < -0.39 is 10.0 Å². The number of sulfonamides is 1. The summed E-state index contributed by atoms with van der Waals surface area (Å²) >= 11 is 0. The summed E-state index contributed by atoms with van der Waals surface area (Å²) in [6, 6.07) is 11.3. The second-order valence-electron chi connectivity index (χ2n) is 7.81. The maximum atomic E-state index is 12.4. The molecule has 2 aliphatic rings. The van der Waals surface area contributed by atoms with E-state index in [2.05, 4.69) is 15.6 Å². The smallest absolute Gasteiger partial charge is 0.257 e. The maximum Gasteiger partial charge on any atom is 0.257 e. The zero-order chi connectivity index (χ0) is 20.4. The van der Waals surface area contributed by atoms with Crippen LogP contribution >= 0.6 is 0 Å². The molecule has 2 aromatic rings. The van der Waals surface area contributed by atoms with Crippen LogP contribution in [0.3, 0.4) is 0 Å². The van der Waals surface area contributed by atoms with E-state index in [1.54, 1.807) is 22.6 Å². The summed E-state index contributed by atoms with van der Waals surface area (Å²) in [5.74, 6) is 0.492. The summed E-state index contributed by atoms with van der Waals surface area (Å²) in [7, 11) is -3.08. The molecular weight excluding hydrogens is 388 g/mol. The molecule has 1 saturated carbocycles. The highest BCUT2D eigenvalue weighted by molar-refractivity contribution is 7.90. The summed E-state index contributed by atoms with van der Waals surface area (Å²) in [5, 5.41) is 6.07. The van der Waals surface area contributed by atoms with Crippen LogP contribution in [0.4, 0.5) is 11.5 Å². The molecular formula is C21H26N4O3S. The van der Waals surface area contributed by atoms with Crippen molar-refractivity contribution in [1.82, 2.24) is 9.29 Å². The molecule has 2 heterocycles. The molecule has 1 aliphatic carbocycles. The maximum absolute atomic E-state index is 12.4. The van der Waals surface area contributed by atoms with Gasteiger partial charge in [-0.25, -0.2) is 17.7 Å². The zero-order valence-corrected chi connectivity index (χ0v) is 17.3. The summed E-state index contributed by atoms with van der Waals surface area (Å²) in [6.07, 6.45) is 4.66. The average Bonchev–Trinajstić information content (AvgIpc) is 3.57. The number of benzene rings is 1. The van der Waals surface area contributed by atoms with Crippen molar-refractivity contribution in [2.45, 2.75) is 43.9 Å². The van der Waals surface area contributed by atoms with Crippen molar-refractivity contribution >= 4 is 27.4 Å². The Labute approximate surface area is 171 Å². The van der Waals surface area contributed by atoms with E-state index in [0.29, 0.717) is 24.5 Å². The molecule has 1 aliphatic heterocycles. The highest BCUT2D eigenvalue weighted by Gasteiger charge is 2.41. The lowest BCUT2D eigenvalue weighted by Crippen LogP contribution is -2.43. The number of carbonyl (C=O) groups excluding carboxylic acids is 1. The SMILES string of the molecule is Cc1ccc(NC(=O)c2ccc(NC3CCN(S(=O)(=O)C4CC4)CC3)nc2)cc1. The van der Waals surface area contributed by atoms with Gasteiger partial charge in [-0.2, -0.15) is 0 Å². The van der Waals surface area contributed by atoms with Gasteiger partial charge in [-0.3, -0.25) is 4.79 Å². The monoisotopic (exact) mass is 414 g/mol. The van der Waals surface area contributed by atoms with Crippen LogP contribution in [0.15, 0.2) is 42.6 Å². The van der Waals surface area contributed by atoms with Gasteiger partial charge < -0.3 is 10.6 Å². The molecule has 2 fully saturated rings. The van der Waals surface area contributed by atoms with Gasteiger partial charge in [-0.15, -0.1) is 0 Å². The van der Waals surface area contributed by atoms with E-state index >= 15 is 0 Å². The number of rotatable bonds is 6.